The SMILES string of the molecule is CCON=C(c1cc(OCC(F)(F)C(F)C(F)(F)F)ncn1)n1cncn1. The number of halogens is 6. The monoisotopic (exact) mass is 398 g/mol. The number of alkyl halides is 6. The lowest BCUT2D eigenvalue weighted by atomic mass is 10.2. The van der Waals surface area contributed by atoms with Crippen LogP contribution in [0.3, 0.4) is 0 Å². The highest BCUT2D eigenvalue weighted by molar-refractivity contribution is 5.97. The molecule has 0 fully saturated rings. The van der Waals surface area contributed by atoms with E-state index in [1.807, 2.05) is 0 Å². The molecule has 2 aromatic rings. The van der Waals surface area contributed by atoms with Crippen LogP contribution >= 0.6 is 0 Å². The number of aromatic nitrogens is 5. The van der Waals surface area contributed by atoms with Gasteiger partial charge in [-0.2, -0.15) is 31.7 Å². The van der Waals surface area contributed by atoms with Gasteiger partial charge in [-0.1, -0.05) is 5.16 Å². The van der Waals surface area contributed by atoms with Crippen LogP contribution in [0.1, 0.15) is 12.6 Å². The van der Waals surface area contributed by atoms with Gasteiger partial charge in [-0.15, -0.1) is 0 Å². The quantitative estimate of drug-likeness (QED) is 0.308. The third-order valence-corrected chi connectivity index (χ3v) is 2.86. The molecule has 2 heterocycles. The molecule has 1 unspecified atom stereocenters. The van der Waals surface area contributed by atoms with E-state index in [0.717, 1.165) is 17.1 Å². The summed E-state index contributed by atoms with van der Waals surface area (Å²) in [6.45, 7) is -0.0489. The molecule has 14 heteroatoms. The highest BCUT2D eigenvalue weighted by Crippen LogP contribution is 2.35. The second-order valence-corrected chi connectivity index (χ2v) is 4.87. The zero-order valence-corrected chi connectivity index (χ0v) is 13.6. The predicted molar refractivity (Wildman–Crippen MR) is 77.0 cm³/mol. The third-order valence-electron chi connectivity index (χ3n) is 2.86. The molecule has 0 saturated carbocycles. The fraction of sp³-hybridized carbons (Fsp3) is 0.462. The van der Waals surface area contributed by atoms with E-state index in [-0.39, 0.29) is 18.1 Å². The van der Waals surface area contributed by atoms with Crippen LogP contribution in [0, 0.1) is 0 Å². The molecule has 148 valence electrons. The molecule has 0 aliphatic heterocycles. The number of ether oxygens (including phenoxy) is 1. The van der Waals surface area contributed by atoms with Crippen LogP contribution in [0.2, 0.25) is 0 Å². The first kappa shape index (κ1) is 20.4. The Morgan fingerprint density at radius 1 is 1.22 bits per heavy atom. The Kier molecular flexibility index (Phi) is 6.17. The summed E-state index contributed by atoms with van der Waals surface area (Å²) in [5.74, 6) is -5.36. The van der Waals surface area contributed by atoms with Crippen LogP contribution in [0.15, 0.2) is 30.2 Å². The summed E-state index contributed by atoms with van der Waals surface area (Å²) < 4.78 is 81.6. The van der Waals surface area contributed by atoms with Crippen molar-refractivity contribution in [3.05, 3.63) is 30.7 Å². The molecule has 2 rings (SSSR count). The molecular formula is C13H12F6N6O2. The number of rotatable bonds is 7. The Bertz CT molecular complexity index is 767. The molecule has 8 nitrogen and oxygen atoms in total. The standard InChI is InChI=1S/C13H12F6N6O2/c1-2-27-24-10(25-7-20-5-23-25)8-3-9(22-6-21-8)26-4-12(15,16)11(14)13(17,18)19/h3,5-7,11H,2,4H2,1H3. The van der Waals surface area contributed by atoms with Crippen molar-refractivity contribution in [2.24, 2.45) is 5.16 Å². The van der Waals surface area contributed by atoms with Crippen LogP contribution in [0.4, 0.5) is 26.3 Å². The summed E-state index contributed by atoms with van der Waals surface area (Å²) >= 11 is 0. The van der Waals surface area contributed by atoms with Crippen molar-refractivity contribution in [2.45, 2.75) is 25.2 Å². The first-order valence-electron chi connectivity index (χ1n) is 7.24. The first-order valence-corrected chi connectivity index (χ1v) is 7.24. The molecule has 0 spiro atoms. The number of hydrogen-bond donors (Lipinski definition) is 0. The average Bonchev–Trinajstić information content (AvgIpc) is 3.14. The Morgan fingerprint density at radius 3 is 2.56 bits per heavy atom. The largest absolute Gasteiger partial charge is 0.471 e. The van der Waals surface area contributed by atoms with Gasteiger partial charge in [0, 0.05) is 6.07 Å². The molecule has 2 aromatic heterocycles. The van der Waals surface area contributed by atoms with Crippen molar-refractivity contribution in [1.82, 2.24) is 24.7 Å². The molecule has 0 radical (unpaired) electrons. The van der Waals surface area contributed by atoms with Crippen molar-refractivity contribution in [1.29, 1.82) is 0 Å². The van der Waals surface area contributed by atoms with Crippen LogP contribution in [-0.4, -0.2) is 62.1 Å². The van der Waals surface area contributed by atoms with Crippen molar-refractivity contribution in [2.75, 3.05) is 13.2 Å². The number of oxime groups is 1. The molecular weight excluding hydrogens is 386 g/mol. The van der Waals surface area contributed by atoms with Crippen LogP contribution in [-0.2, 0) is 4.84 Å². The first-order chi connectivity index (χ1) is 12.6. The van der Waals surface area contributed by atoms with E-state index in [1.54, 1.807) is 6.92 Å². The van der Waals surface area contributed by atoms with Gasteiger partial charge in [0.2, 0.25) is 11.7 Å². The van der Waals surface area contributed by atoms with Crippen molar-refractivity contribution >= 4 is 5.84 Å². The summed E-state index contributed by atoms with van der Waals surface area (Å²) in [6.07, 6.45) is -6.80. The van der Waals surface area contributed by atoms with Gasteiger partial charge in [0.25, 0.3) is 6.17 Å². The molecule has 0 N–H and O–H groups in total. The maximum absolute atomic E-state index is 13.3. The van der Waals surface area contributed by atoms with E-state index in [9.17, 15) is 26.3 Å². The fourth-order valence-corrected chi connectivity index (χ4v) is 1.67. The summed E-state index contributed by atoms with van der Waals surface area (Å²) in [5.41, 5.74) is -0.0186. The summed E-state index contributed by atoms with van der Waals surface area (Å²) in [4.78, 5) is 15.9. The lowest BCUT2D eigenvalue weighted by molar-refractivity contribution is -0.250. The van der Waals surface area contributed by atoms with Gasteiger partial charge < -0.3 is 9.57 Å². The maximum atomic E-state index is 13.3. The van der Waals surface area contributed by atoms with Crippen molar-refractivity contribution < 1.29 is 35.9 Å². The van der Waals surface area contributed by atoms with E-state index in [2.05, 4.69) is 29.9 Å². The molecule has 0 saturated heterocycles. The van der Waals surface area contributed by atoms with Crippen molar-refractivity contribution in [3.63, 3.8) is 0 Å². The molecule has 1 atom stereocenters. The zero-order valence-electron chi connectivity index (χ0n) is 13.6. The Balaban J connectivity index is 2.19. The fourth-order valence-electron chi connectivity index (χ4n) is 1.67. The van der Waals surface area contributed by atoms with Crippen LogP contribution in [0.5, 0.6) is 5.88 Å². The van der Waals surface area contributed by atoms with Crippen molar-refractivity contribution in [3.8, 4) is 5.88 Å². The Labute approximate surface area is 147 Å². The lowest BCUT2D eigenvalue weighted by Gasteiger charge is -2.22. The number of hydrogen-bond acceptors (Lipinski definition) is 7. The number of nitrogens with zero attached hydrogens (tertiary/aromatic N) is 6. The highest BCUT2D eigenvalue weighted by Gasteiger charge is 2.57. The topological polar surface area (TPSA) is 87.3 Å². The second kappa shape index (κ2) is 8.18. The lowest BCUT2D eigenvalue weighted by Crippen LogP contribution is -2.45. The maximum Gasteiger partial charge on any atom is 0.425 e. The molecule has 0 bridgehead atoms. The zero-order chi connectivity index (χ0) is 20.1. The molecule has 0 aromatic carbocycles. The van der Waals surface area contributed by atoms with Gasteiger partial charge in [-0.05, 0) is 6.92 Å². The van der Waals surface area contributed by atoms with Gasteiger partial charge >= 0.3 is 12.1 Å². The van der Waals surface area contributed by atoms with E-state index < -0.39 is 30.8 Å². The molecule has 0 aliphatic rings. The van der Waals surface area contributed by atoms with E-state index in [4.69, 9.17) is 4.84 Å². The van der Waals surface area contributed by atoms with Crippen LogP contribution in [0.25, 0.3) is 0 Å². The molecule has 0 amide bonds. The minimum Gasteiger partial charge on any atom is -0.471 e. The smallest absolute Gasteiger partial charge is 0.425 e. The minimum absolute atomic E-state index is 0.0186. The second-order valence-electron chi connectivity index (χ2n) is 4.87. The van der Waals surface area contributed by atoms with E-state index >= 15 is 0 Å². The summed E-state index contributed by atoms with van der Waals surface area (Å²) in [6, 6.07) is 0.996. The van der Waals surface area contributed by atoms with Crippen LogP contribution < -0.4 is 4.74 Å². The van der Waals surface area contributed by atoms with Gasteiger partial charge in [0.15, 0.2) is 6.61 Å². The van der Waals surface area contributed by atoms with Gasteiger partial charge in [-0.25, -0.2) is 19.3 Å². The predicted octanol–water partition coefficient (Wildman–Crippen LogP) is 2.23. The van der Waals surface area contributed by atoms with Gasteiger partial charge in [0.1, 0.15) is 31.3 Å². The summed E-state index contributed by atoms with van der Waals surface area (Å²) in [7, 11) is 0. The Hall–Kier alpha value is -2.93. The minimum atomic E-state index is -5.73. The van der Waals surface area contributed by atoms with Gasteiger partial charge in [0.05, 0.1) is 0 Å². The highest BCUT2D eigenvalue weighted by atomic mass is 19.4. The Morgan fingerprint density at radius 2 is 1.96 bits per heavy atom. The summed E-state index contributed by atoms with van der Waals surface area (Å²) in [5, 5.41) is 7.55. The molecule has 27 heavy (non-hydrogen) atoms. The van der Waals surface area contributed by atoms with E-state index in [1.165, 1.54) is 12.7 Å². The third kappa shape index (κ3) is 5.27. The average molecular weight is 398 g/mol. The molecule has 0 aliphatic carbocycles. The van der Waals surface area contributed by atoms with E-state index in [0.29, 0.717) is 0 Å². The van der Waals surface area contributed by atoms with Gasteiger partial charge in [-0.3, -0.25) is 0 Å². The normalized spacial score (nSPS) is 14.1.